The maximum atomic E-state index is 12.7. The molecule has 0 aliphatic carbocycles. The molecule has 1 aromatic rings. The number of oxime groups is 1. The number of phosphoric acid groups is 1. The van der Waals surface area contributed by atoms with Crippen LogP contribution in [0, 0.1) is 0 Å². The van der Waals surface area contributed by atoms with Gasteiger partial charge in [0.1, 0.15) is 22.8 Å². The molecule has 2 unspecified atom stereocenters. The van der Waals surface area contributed by atoms with Gasteiger partial charge in [0.25, 0.3) is 19.6 Å². The Balaban J connectivity index is 0.000000983. The molecule has 1 fully saturated rings. The van der Waals surface area contributed by atoms with E-state index in [9.17, 15) is 24.3 Å². The number of nitrogens with two attached hydrogens (primary N) is 1. The molecule has 3 heterocycles. The Labute approximate surface area is 252 Å². The number of carboxylic acid groups (broad SMARTS) is 2. The summed E-state index contributed by atoms with van der Waals surface area (Å²) in [6, 6.07) is -1.01. The molecule has 3 rings (SSSR count). The number of β-lactam (4-membered cyclic amide) rings is 1. The van der Waals surface area contributed by atoms with Crippen molar-refractivity contribution in [2.45, 2.75) is 11.4 Å². The van der Waals surface area contributed by atoms with Crippen LogP contribution < -0.4 is 67.3 Å². The zero-order valence-corrected chi connectivity index (χ0v) is 23.9. The van der Waals surface area contributed by atoms with Crippen LogP contribution in [0.1, 0.15) is 5.69 Å². The summed E-state index contributed by atoms with van der Waals surface area (Å²) in [5.41, 5.74) is 5.48. The van der Waals surface area contributed by atoms with Crippen LogP contribution in [0.4, 0.5) is 5.13 Å². The quantitative estimate of drug-likeness (QED) is 0.0545. The Morgan fingerprint density at radius 1 is 1.42 bits per heavy atom. The Morgan fingerprint density at radius 2 is 2.03 bits per heavy atom. The first-order valence-electron chi connectivity index (χ1n) is 8.98. The van der Waals surface area contributed by atoms with Crippen LogP contribution in [-0.4, -0.2) is 83.1 Å². The van der Waals surface area contributed by atoms with Crippen molar-refractivity contribution < 1.29 is 105 Å². The molecule has 0 bridgehead atoms. The molecule has 16 nitrogen and oxygen atoms in total. The Kier molecular flexibility index (Phi) is 12.4. The number of nitrogen functional groups attached to an aromatic ring is 1. The number of rotatable bonds is 8. The van der Waals surface area contributed by atoms with Crippen molar-refractivity contribution in [1.82, 2.24) is 15.2 Å². The van der Waals surface area contributed by atoms with E-state index in [4.69, 9.17) is 30.1 Å². The van der Waals surface area contributed by atoms with Gasteiger partial charge in [0.15, 0.2) is 10.8 Å². The van der Waals surface area contributed by atoms with Gasteiger partial charge in [-0.15, -0.1) is 23.1 Å². The van der Waals surface area contributed by atoms with Crippen LogP contribution >= 0.6 is 30.9 Å². The van der Waals surface area contributed by atoms with Crippen LogP contribution in [0.2, 0.25) is 0 Å². The summed E-state index contributed by atoms with van der Waals surface area (Å²) in [6.45, 7) is 2.77. The molecular formula is C16H17KN5O11PS2. The molecule has 0 aromatic carbocycles. The van der Waals surface area contributed by atoms with Gasteiger partial charge in [-0.3, -0.25) is 19.1 Å². The largest absolute Gasteiger partial charge is 1.00 e. The topological polar surface area (TPSA) is 265 Å². The predicted molar refractivity (Wildman–Crippen MR) is 119 cm³/mol. The standard InChI is InChI=1S/C16H15N5O7S2.K.H3O4P/c1-2-6-4-29-14-10(13(25)21(14)11(6)15(26)27)19-12(24)9(20-28-3-8(22)23)7-5-30-16(17)18-7;;1-5(2,3)4/h2,5,10,14H,1,3-4H2,(H2,17,18)(H,19,24)(H,22,23)(H,26,27);;(H3,1,2,3,4)/q;+1;/p-1/b20-9-;;. The average Bonchev–Trinajstić information content (AvgIpc) is 3.17. The molecule has 0 saturated carbocycles. The first-order chi connectivity index (χ1) is 16.2. The van der Waals surface area contributed by atoms with Gasteiger partial charge in [0.05, 0.1) is 0 Å². The molecule has 0 spiro atoms. The van der Waals surface area contributed by atoms with Gasteiger partial charge in [-0.1, -0.05) is 17.8 Å². The number of thiazole rings is 1. The van der Waals surface area contributed by atoms with Crippen molar-refractivity contribution in [2.75, 3.05) is 18.1 Å². The third kappa shape index (κ3) is 8.73. The molecule has 2 aliphatic heterocycles. The number of aromatic nitrogens is 1. The van der Waals surface area contributed by atoms with E-state index in [1.807, 2.05) is 0 Å². The second kappa shape index (κ2) is 13.8. The van der Waals surface area contributed by atoms with E-state index < -0.39 is 49.6 Å². The normalized spacial score (nSPS) is 19.0. The monoisotopic (exact) mass is 589 g/mol. The van der Waals surface area contributed by atoms with Gasteiger partial charge in [-0.05, 0) is 5.57 Å². The summed E-state index contributed by atoms with van der Waals surface area (Å²) in [5.74, 6) is -3.72. The number of anilines is 1. The SMILES string of the molecule is C=CC1=C(C(=O)O)N2C(=O)C(NC(=O)/C(=N\OCC(=O)O)c3csc(N)n3)C2SC1.O=P([O-])(O)O.[K+]. The number of carbonyl (C=O) groups is 4. The molecule has 2 aliphatic rings. The van der Waals surface area contributed by atoms with Crippen LogP contribution in [-0.2, 0) is 28.6 Å². The Bertz CT molecular complexity index is 1160. The molecule has 2 amide bonds. The first-order valence-corrected chi connectivity index (χ1v) is 12.4. The van der Waals surface area contributed by atoms with Crippen molar-refractivity contribution in [2.24, 2.45) is 5.16 Å². The van der Waals surface area contributed by atoms with Gasteiger partial charge in [-0.2, -0.15) is 0 Å². The van der Waals surface area contributed by atoms with E-state index in [1.165, 1.54) is 23.2 Å². The minimum absolute atomic E-state index is 0. The van der Waals surface area contributed by atoms with Crippen molar-refractivity contribution in [3.05, 3.63) is 35.0 Å². The molecular weight excluding hydrogens is 572 g/mol. The fraction of sp³-hybridized carbons (Fsp3) is 0.250. The molecule has 20 heteroatoms. The number of carbonyl (C=O) groups excluding carboxylic acids is 2. The van der Waals surface area contributed by atoms with Crippen molar-refractivity contribution in [3.8, 4) is 0 Å². The van der Waals surface area contributed by atoms with E-state index in [1.54, 1.807) is 0 Å². The first kappa shape index (κ1) is 32.4. The number of nitrogens with one attached hydrogen (secondary N) is 1. The van der Waals surface area contributed by atoms with Gasteiger partial charge >= 0.3 is 63.3 Å². The number of allylic oxidation sites excluding steroid dienone is 1. The zero-order chi connectivity index (χ0) is 26.5. The minimum Gasteiger partial charge on any atom is -0.756 e. The van der Waals surface area contributed by atoms with Crippen molar-refractivity contribution >= 4 is 65.5 Å². The number of fused-ring (bicyclic) bond motifs is 1. The third-order valence-electron chi connectivity index (χ3n) is 4.06. The second-order valence-corrected chi connectivity index (χ2v) is 9.39. The van der Waals surface area contributed by atoms with Crippen LogP contribution in [0.5, 0.6) is 0 Å². The third-order valence-corrected chi connectivity index (χ3v) is 6.03. The van der Waals surface area contributed by atoms with Crippen molar-refractivity contribution in [3.63, 3.8) is 0 Å². The molecule has 36 heavy (non-hydrogen) atoms. The average molecular weight is 590 g/mol. The molecule has 1 aromatic heterocycles. The number of carboxylic acids is 2. The van der Waals surface area contributed by atoms with E-state index in [-0.39, 0.29) is 73.6 Å². The fourth-order valence-corrected chi connectivity index (χ4v) is 4.65. The van der Waals surface area contributed by atoms with Crippen LogP contribution in [0.15, 0.2) is 34.5 Å². The van der Waals surface area contributed by atoms with Crippen LogP contribution in [0.3, 0.4) is 0 Å². The predicted octanol–water partition coefficient (Wildman–Crippen LogP) is -5.10. The summed E-state index contributed by atoms with van der Waals surface area (Å²) in [6.07, 6.45) is 1.38. The molecule has 2 atom stereocenters. The van der Waals surface area contributed by atoms with Gasteiger partial charge in [0.2, 0.25) is 6.61 Å². The Morgan fingerprint density at radius 3 is 2.50 bits per heavy atom. The fourth-order valence-electron chi connectivity index (χ4n) is 2.76. The number of hydrogen-bond acceptors (Lipinski definition) is 12. The zero-order valence-electron chi connectivity index (χ0n) is 18.3. The molecule has 190 valence electrons. The summed E-state index contributed by atoms with van der Waals surface area (Å²) in [5, 5.41) is 25.0. The Hall–Kier alpha value is -1.64. The maximum absolute atomic E-state index is 12.7. The smallest absolute Gasteiger partial charge is 0.756 e. The summed E-state index contributed by atoms with van der Waals surface area (Å²) in [7, 11) is -4.89. The van der Waals surface area contributed by atoms with Crippen molar-refractivity contribution in [1.29, 1.82) is 0 Å². The minimum atomic E-state index is -4.89. The number of hydrogen-bond donors (Lipinski definition) is 6. The van der Waals surface area contributed by atoms with Gasteiger partial charge in [0, 0.05) is 11.1 Å². The molecule has 0 radical (unpaired) electrons. The van der Waals surface area contributed by atoms with E-state index in [2.05, 4.69) is 26.9 Å². The summed E-state index contributed by atoms with van der Waals surface area (Å²) in [4.78, 5) is 80.0. The second-order valence-electron chi connectivity index (χ2n) is 6.41. The molecule has 7 N–H and O–H groups in total. The van der Waals surface area contributed by atoms with E-state index in [0.29, 0.717) is 11.3 Å². The van der Waals surface area contributed by atoms with Gasteiger partial charge < -0.3 is 40.8 Å². The maximum Gasteiger partial charge on any atom is 1.00 e. The number of thioether (sulfide) groups is 1. The number of nitrogens with zero attached hydrogens (tertiary/aromatic N) is 3. The summed E-state index contributed by atoms with van der Waals surface area (Å²) >= 11 is 2.30. The summed E-state index contributed by atoms with van der Waals surface area (Å²) < 4.78 is 8.77. The number of amides is 2. The van der Waals surface area contributed by atoms with Crippen LogP contribution in [0.25, 0.3) is 0 Å². The number of aliphatic carboxylic acids is 2. The van der Waals surface area contributed by atoms with E-state index >= 15 is 0 Å². The van der Waals surface area contributed by atoms with Gasteiger partial charge in [-0.25, -0.2) is 14.6 Å². The molecule has 1 saturated heterocycles. The van der Waals surface area contributed by atoms with E-state index in [0.717, 1.165) is 16.2 Å².